The Kier molecular flexibility index (Phi) is 5.92. The van der Waals surface area contributed by atoms with Crippen molar-refractivity contribution in [3.8, 4) is 0 Å². The van der Waals surface area contributed by atoms with Crippen molar-refractivity contribution in [1.29, 1.82) is 0 Å². The van der Waals surface area contributed by atoms with E-state index in [9.17, 15) is 4.79 Å². The summed E-state index contributed by atoms with van der Waals surface area (Å²) in [6, 6.07) is 0. The van der Waals surface area contributed by atoms with Crippen LogP contribution < -0.4 is 10.5 Å². The Balaban J connectivity index is 1.46. The van der Waals surface area contributed by atoms with Gasteiger partial charge in [0.05, 0.1) is 18.5 Å². The number of H-pyrrole nitrogens is 1. The average Bonchev–Trinajstić information content (AvgIpc) is 2.97. The number of rotatable bonds is 5. The van der Waals surface area contributed by atoms with Crippen molar-refractivity contribution in [1.82, 2.24) is 9.97 Å². The zero-order valence-electron chi connectivity index (χ0n) is 16.5. The van der Waals surface area contributed by atoms with Gasteiger partial charge in [0.2, 0.25) is 0 Å². The molecule has 0 amide bonds. The molecule has 7 heteroatoms. The molecule has 148 valence electrons. The van der Waals surface area contributed by atoms with Gasteiger partial charge in [-0.05, 0) is 30.7 Å². The molecule has 1 aliphatic carbocycles. The minimum absolute atomic E-state index is 0.0335. The molecular weight excluding hydrogens is 378 g/mol. The quantitative estimate of drug-likeness (QED) is 0.588. The van der Waals surface area contributed by atoms with Gasteiger partial charge in [-0.2, -0.15) is 0 Å². The number of aromatic amines is 1. The fraction of sp³-hybridized carbons (Fsp3) is 0.700. The number of fused-ring (bicyclic) bond motifs is 3. The number of nitrogens with one attached hydrogen (secondary N) is 2. The van der Waals surface area contributed by atoms with Crippen molar-refractivity contribution >= 4 is 33.3 Å². The molecule has 3 atom stereocenters. The second kappa shape index (κ2) is 8.23. The van der Waals surface area contributed by atoms with Gasteiger partial charge in [-0.15, -0.1) is 11.3 Å². The summed E-state index contributed by atoms with van der Waals surface area (Å²) in [6.07, 6.45) is 3.50. The molecule has 5 nitrogen and oxygen atoms in total. The number of hydrogen-bond donors (Lipinski definition) is 2. The van der Waals surface area contributed by atoms with Gasteiger partial charge in [0, 0.05) is 16.5 Å². The monoisotopic (exact) mass is 408 g/mol. The molecule has 0 radical (unpaired) electrons. The number of nitrogens with zero attached hydrogens (tertiary/aromatic N) is 1. The Morgan fingerprint density at radius 2 is 2.30 bits per heavy atom. The maximum Gasteiger partial charge on any atom is 0.260 e. The summed E-state index contributed by atoms with van der Waals surface area (Å²) in [6.45, 7) is 11.0. The lowest BCUT2D eigenvalue weighted by molar-refractivity contribution is -0.914. The van der Waals surface area contributed by atoms with Crippen molar-refractivity contribution in [2.75, 3.05) is 32.0 Å². The molecule has 0 spiro atoms. The van der Waals surface area contributed by atoms with Crippen LogP contribution in [0.4, 0.5) is 0 Å². The van der Waals surface area contributed by atoms with Crippen LogP contribution in [-0.2, 0) is 17.6 Å². The SMILES string of the molecule is CC(C)C[NH+]1CCO[C@H](CSc2nc3sc4c(c3c(=O)[nH]2)CC[C@@H](C)C4)C1. The molecule has 2 aromatic rings. The Bertz CT molecular complexity index is 861. The van der Waals surface area contributed by atoms with Gasteiger partial charge in [-0.1, -0.05) is 32.5 Å². The number of ether oxygens (including phenoxy) is 1. The fourth-order valence-electron chi connectivity index (χ4n) is 4.29. The summed E-state index contributed by atoms with van der Waals surface area (Å²) < 4.78 is 5.95. The molecule has 1 saturated heterocycles. The van der Waals surface area contributed by atoms with Crippen molar-refractivity contribution in [3.63, 3.8) is 0 Å². The van der Waals surface area contributed by atoms with E-state index in [4.69, 9.17) is 9.72 Å². The molecule has 2 aromatic heterocycles. The van der Waals surface area contributed by atoms with E-state index >= 15 is 0 Å². The molecule has 1 fully saturated rings. The predicted molar refractivity (Wildman–Crippen MR) is 112 cm³/mol. The van der Waals surface area contributed by atoms with E-state index < -0.39 is 0 Å². The summed E-state index contributed by atoms with van der Waals surface area (Å²) in [5, 5.41) is 1.58. The number of morpholine rings is 1. The summed E-state index contributed by atoms with van der Waals surface area (Å²) in [5.74, 6) is 2.26. The lowest BCUT2D eigenvalue weighted by Gasteiger charge is -2.30. The van der Waals surface area contributed by atoms with Crippen LogP contribution in [0.15, 0.2) is 9.95 Å². The first kappa shape index (κ1) is 19.4. The number of thiophene rings is 1. The molecule has 4 rings (SSSR count). The van der Waals surface area contributed by atoms with Crippen molar-refractivity contribution in [2.24, 2.45) is 11.8 Å². The molecule has 0 aromatic carbocycles. The van der Waals surface area contributed by atoms with Crippen molar-refractivity contribution in [3.05, 3.63) is 20.8 Å². The van der Waals surface area contributed by atoms with E-state index in [0.717, 1.165) is 53.7 Å². The van der Waals surface area contributed by atoms with Gasteiger partial charge in [0.1, 0.15) is 24.0 Å². The fourth-order valence-corrected chi connectivity index (χ4v) is 6.61. The van der Waals surface area contributed by atoms with Gasteiger partial charge in [0.25, 0.3) is 5.56 Å². The lowest BCUT2D eigenvalue weighted by atomic mass is 9.89. The standard InChI is InChI=1S/C20H29N3O2S2/c1-12(2)9-23-6-7-25-14(10-23)11-26-20-21-18(24)17-15-5-4-13(3)8-16(15)27-19(17)22-20/h12-14H,4-11H2,1-3H3,(H,21,22,24)/p+1/t13-,14+/m1/s1. The summed E-state index contributed by atoms with van der Waals surface area (Å²) in [4.78, 5) is 24.4. The first-order valence-corrected chi connectivity index (χ1v) is 11.9. The second-order valence-electron chi connectivity index (χ2n) is 8.51. The Morgan fingerprint density at radius 1 is 1.44 bits per heavy atom. The van der Waals surface area contributed by atoms with E-state index in [-0.39, 0.29) is 11.7 Å². The molecule has 2 N–H and O–H groups in total. The highest BCUT2D eigenvalue weighted by atomic mass is 32.2. The minimum Gasteiger partial charge on any atom is -0.366 e. The third kappa shape index (κ3) is 4.42. The van der Waals surface area contributed by atoms with Crippen LogP contribution in [0.3, 0.4) is 0 Å². The molecule has 0 saturated carbocycles. The molecule has 3 heterocycles. The molecule has 2 aliphatic rings. The van der Waals surface area contributed by atoms with E-state index in [2.05, 4.69) is 25.8 Å². The summed E-state index contributed by atoms with van der Waals surface area (Å²) >= 11 is 3.35. The first-order valence-electron chi connectivity index (χ1n) is 10.1. The zero-order chi connectivity index (χ0) is 19.0. The van der Waals surface area contributed by atoms with E-state index in [0.29, 0.717) is 11.8 Å². The highest BCUT2D eigenvalue weighted by Crippen LogP contribution is 2.36. The Hall–Kier alpha value is -0.890. The van der Waals surface area contributed by atoms with E-state index in [1.807, 2.05) is 0 Å². The molecular formula is C20H30N3O2S2+. The van der Waals surface area contributed by atoms with Gasteiger partial charge in [-0.3, -0.25) is 4.79 Å². The topological polar surface area (TPSA) is 59.4 Å². The number of thioether (sulfide) groups is 1. The highest BCUT2D eigenvalue weighted by molar-refractivity contribution is 7.99. The number of aryl methyl sites for hydroxylation is 1. The van der Waals surface area contributed by atoms with E-state index in [1.54, 1.807) is 28.0 Å². The average molecular weight is 409 g/mol. The molecule has 0 bridgehead atoms. The van der Waals surface area contributed by atoms with Crippen LogP contribution in [0.1, 0.15) is 37.6 Å². The largest absolute Gasteiger partial charge is 0.366 e. The summed E-state index contributed by atoms with van der Waals surface area (Å²) in [5.41, 5.74) is 1.29. The highest BCUT2D eigenvalue weighted by Gasteiger charge is 2.26. The second-order valence-corrected chi connectivity index (χ2v) is 10.6. The van der Waals surface area contributed by atoms with Crippen LogP contribution in [0.25, 0.3) is 10.2 Å². The summed E-state index contributed by atoms with van der Waals surface area (Å²) in [7, 11) is 0. The molecule has 27 heavy (non-hydrogen) atoms. The number of hydrogen-bond acceptors (Lipinski definition) is 5. The van der Waals surface area contributed by atoms with Crippen LogP contribution in [0, 0.1) is 11.8 Å². The normalized spacial score (nSPS) is 25.9. The smallest absolute Gasteiger partial charge is 0.260 e. The van der Waals surface area contributed by atoms with Crippen LogP contribution in [0.2, 0.25) is 0 Å². The minimum atomic E-state index is 0.0335. The number of aromatic nitrogens is 2. The lowest BCUT2D eigenvalue weighted by Crippen LogP contribution is -3.15. The van der Waals surface area contributed by atoms with Crippen LogP contribution >= 0.6 is 23.1 Å². The predicted octanol–water partition coefficient (Wildman–Crippen LogP) is 2.14. The maximum atomic E-state index is 12.7. The van der Waals surface area contributed by atoms with Crippen molar-refractivity contribution in [2.45, 2.75) is 51.3 Å². The Morgan fingerprint density at radius 3 is 3.11 bits per heavy atom. The number of quaternary nitrogens is 1. The van der Waals surface area contributed by atoms with Crippen LogP contribution in [-0.4, -0.2) is 48.1 Å². The zero-order valence-corrected chi connectivity index (χ0v) is 18.1. The van der Waals surface area contributed by atoms with Crippen LogP contribution in [0.5, 0.6) is 0 Å². The third-order valence-corrected chi connectivity index (χ3v) is 7.73. The van der Waals surface area contributed by atoms with Gasteiger partial charge in [-0.25, -0.2) is 4.98 Å². The van der Waals surface area contributed by atoms with E-state index in [1.165, 1.54) is 23.4 Å². The molecule has 1 aliphatic heterocycles. The van der Waals surface area contributed by atoms with Gasteiger partial charge in [0.15, 0.2) is 5.16 Å². The third-order valence-electron chi connectivity index (χ3n) is 5.57. The van der Waals surface area contributed by atoms with Crippen molar-refractivity contribution < 1.29 is 9.64 Å². The van der Waals surface area contributed by atoms with Gasteiger partial charge >= 0.3 is 0 Å². The molecule has 1 unspecified atom stereocenters. The maximum absolute atomic E-state index is 12.7. The van der Waals surface area contributed by atoms with Gasteiger partial charge < -0.3 is 14.6 Å². The Labute approximate surface area is 168 Å². The first-order chi connectivity index (χ1) is 13.0.